The summed E-state index contributed by atoms with van der Waals surface area (Å²) in [6, 6.07) is 12.7. The molecule has 3 nitrogen and oxygen atoms in total. The summed E-state index contributed by atoms with van der Waals surface area (Å²) in [5.74, 6) is 0.256. The van der Waals surface area contributed by atoms with Gasteiger partial charge in [-0.1, -0.05) is 28.9 Å². The number of benzene rings is 2. The van der Waals surface area contributed by atoms with Crippen molar-refractivity contribution in [2.24, 2.45) is 5.16 Å². The minimum absolute atomic E-state index is 0.256. The van der Waals surface area contributed by atoms with E-state index in [1.807, 2.05) is 31.2 Å². The van der Waals surface area contributed by atoms with Crippen LogP contribution in [0.2, 0.25) is 5.02 Å². The van der Waals surface area contributed by atoms with Crippen molar-refractivity contribution in [1.29, 1.82) is 0 Å². The number of hydrogen-bond donors (Lipinski definition) is 1. The fraction of sp³-hybridized carbons (Fsp3) is 0.133. The standard InChI is InChI=1S/C15H14ClNO2/c1-10-8-12(6-7-14(10)18)15(17-19-2)11-4-3-5-13(16)9-11/h3-9,18H,1-2H3/b17-15-. The van der Waals surface area contributed by atoms with Crippen molar-refractivity contribution in [3.63, 3.8) is 0 Å². The number of aryl methyl sites for hydroxylation is 1. The molecule has 0 saturated carbocycles. The maximum Gasteiger partial charge on any atom is 0.118 e. The zero-order chi connectivity index (χ0) is 13.8. The Morgan fingerprint density at radius 1 is 1.16 bits per heavy atom. The van der Waals surface area contributed by atoms with Crippen LogP contribution in [-0.2, 0) is 4.84 Å². The molecule has 0 spiro atoms. The largest absolute Gasteiger partial charge is 0.508 e. The maximum absolute atomic E-state index is 9.58. The normalized spacial score (nSPS) is 11.4. The van der Waals surface area contributed by atoms with Gasteiger partial charge in [0.2, 0.25) is 0 Å². The summed E-state index contributed by atoms with van der Waals surface area (Å²) in [7, 11) is 1.50. The van der Waals surface area contributed by atoms with E-state index in [2.05, 4.69) is 5.16 Å². The van der Waals surface area contributed by atoms with Gasteiger partial charge in [-0.2, -0.15) is 0 Å². The lowest BCUT2D eigenvalue weighted by Crippen LogP contribution is -2.04. The molecule has 0 atom stereocenters. The van der Waals surface area contributed by atoms with Gasteiger partial charge in [-0.3, -0.25) is 0 Å². The average molecular weight is 276 g/mol. The summed E-state index contributed by atoms with van der Waals surface area (Å²) < 4.78 is 0. The zero-order valence-corrected chi connectivity index (χ0v) is 11.5. The van der Waals surface area contributed by atoms with Crippen LogP contribution < -0.4 is 0 Å². The summed E-state index contributed by atoms with van der Waals surface area (Å²) in [4.78, 5) is 4.91. The van der Waals surface area contributed by atoms with Crippen LogP contribution in [0, 0.1) is 6.92 Å². The number of halogens is 1. The predicted octanol–water partition coefficient (Wildman–Crippen LogP) is 3.75. The molecule has 0 radical (unpaired) electrons. The number of oxime groups is 1. The van der Waals surface area contributed by atoms with Crippen LogP contribution >= 0.6 is 11.6 Å². The molecule has 0 aliphatic heterocycles. The quantitative estimate of drug-likeness (QED) is 0.685. The Hall–Kier alpha value is -2.00. The highest BCUT2D eigenvalue weighted by atomic mass is 35.5. The van der Waals surface area contributed by atoms with E-state index >= 15 is 0 Å². The Morgan fingerprint density at radius 2 is 1.89 bits per heavy atom. The molecule has 0 amide bonds. The van der Waals surface area contributed by atoms with Gasteiger partial charge >= 0.3 is 0 Å². The number of phenols is 1. The van der Waals surface area contributed by atoms with E-state index in [4.69, 9.17) is 16.4 Å². The minimum atomic E-state index is 0.256. The fourth-order valence-electron chi connectivity index (χ4n) is 1.80. The number of rotatable bonds is 3. The topological polar surface area (TPSA) is 41.8 Å². The molecular formula is C15H14ClNO2. The summed E-state index contributed by atoms with van der Waals surface area (Å²) >= 11 is 6.00. The van der Waals surface area contributed by atoms with Crippen LogP contribution in [0.3, 0.4) is 0 Å². The van der Waals surface area contributed by atoms with Gasteiger partial charge in [-0.25, -0.2) is 0 Å². The lowest BCUT2D eigenvalue weighted by Gasteiger charge is -2.08. The van der Waals surface area contributed by atoms with E-state index in [1.54, 1.807) is 18.2 Å². The van der Waals surface area contributed by atoms with Gasteiger partial charge < -0.3 is 9.94 Å². The Kier molecular flexibility index (Phi) is 4.07. The van der Waals surface area contributed by atoms with Crippen LogP contribution in [0.4, 0.5) is 0 Å². The SMILES string of the molecule is CO/N=C(/c1cccc(Cl)c1)c1ccc(O)c(C)c1. The van der Waals surface area contributed by atoms with E-state index in [1.165, 1.54) is 7.11 Å². The molecular weight excluding hydrogens is 262 g/mol. The van der Waals surface area contributed by atoms with Crippen molar-refractivity contribution >= 4 is 17.3 Å². The van der Waals surface area contributed by atoms with Crippen molar-refractivity contribution in [3.05, 3.63) is 64.2 Å². The third kappa shape index (κ3) is 3.06. The lowest BCUT2D eigenvalue weighted by atomic mass is 10.0. The maximum atomic E-state index is 9.58. The fourth-order valence-corrected chi connectivity index (χ4v) is 1.99. The summed E-state index contributed by atoms with van der Waals surface area (Å²) in [5.41, 5.74) is 3.18. The second-order valence-corrected chi connectivity index (χ2v) is 4.57. The van der Waals surface area contributed by atoms with Gasteiger partial charge in [0.05, 0.1) is 0 Å². The molecule has 0 bridgehead atoms. The highest BCUT2D eigenvalue weighted by molar-refractivity contribution is 6.31. The van der Waals surface area contributed by atoms with Gasteiger partial charge in [0.1, 0.15) is 18.6 Å². The summed E-state index contributed by atoms with van der Waals surface area (Å²) in [5, 5.41) is 14.3. The number of phenolic OH excluding ortho intramolecular Hbond substituents is 1. The van der Waals surface area contributed by atoms with Gasteiger partial charge in [0, 0.05) is 16.1 Å². The van der Waals surface area contributed by atoms with Crippen LogP contribution in [0.5, 0.6) is 5.75 Å². The molecule has 0 unspecified atom stereocenters. The molecule has 2 aromatic carbocycles. The Morgan fingerprint density at radius 3 is 2.53 bits per heavy atom. The van der Waals surface area contributed by atoms with E-state index in [0.29, 0.717) is 10.7 Å². The molecule has 98 valence electrons. The van der Waals surface area contributed by atoms with E-state index in [0.717, 1.165) is 16.7 Å². The highest BCUT2D eigenvalue weighted by Crippen LogP contribution is 2.21. The molecule has 0 aromatic heterocycles. The average Bonchev–Trinajstić information content (AvgIpc) is 2.39. The Bertz CT molecular complexity index is 623. The van der Waals surface area contributed by atoms with Crippen LogP contribution in [0.25, 0.3) is 0 Å². The van der Waals surface area contributed by atoms with Gasteiger partial charge in [0.15, 0.2) is 0 Å². The Labute approximate surface area is 117 Å². The minimum Gasteiger partial charge on any atom is -0.508 e. The van der Waals surface area contributed by atoms with Crippen molar-refractivity contribution in [2.75, 3.05) is 7.11 Å². The summed E-state index contributed by atoms with van der Waals surface area (Å²) in [6.45, 7) is 1.83. The molecule has 4 heteroatoms. The molecule has 1 N–H and O–H groups in total. The van der Waals surface area contributed by atoms with Gasteiger partial charge in [0.25, 0.3) is 0 Å². The first kappa shape index (κ1) is 13.4. The lowest BCUT2D eigenvalue weighted by molar-refractivity contribution is 0.214. The molecule has 0 aliphatic rings. The second kappa shape index (κ2) is 5.76. The third-order valence-corrected chi connectivity index (χ3v) is 2.99. The molecule has 2 aromatic rings. The molecule has 0 heterocycles. The van der Waals surface area contributed by atoms with E-state index < -0.39 is 0 Å². The number of nitrogens with zero attached hydrogens (tertiary/aromatic N) is 1. The first-order chi connectivity index (χ1) is 9.11. The molecule has 2 rings (SSSR count). The molecule has 19 heavy (non-hydrogen) atoms. The van der Waals surface area contributed by atoms with Crippen LogP contribution in [-0.4, -0.2) is 17.9 Å². The zero-order valence-electron chi connectivity index (χ0n) is 10.7. The van der Waals surface area contributed by atoms with Crippen molar-refractivity contribution in [3.8, 4) is 5.75 Å². The second-order valence-electron chi connectivity index (χ2n) is 4.13. The van der Waals surface area contributed by atoms with Gasteiger partial charge in [-0.05, 0) is 42.8 Å². The highest BCUT2D eigenvalue weighted by Gasteiger charge is 2.10. The first-order valence-electron chi connectivity index (χ1n) is 5.79. The first-order valence-corrected chi connectivity index (χ1v) is 6.16. The Balaban J connectivity index is 2.52. The van der Waals surface area contributed by atoms with Crippen molar-refractivity contribution < 1.29 is 9.94 Å². The summed E-state index contributed by atoms with van der Waals surface area (Å²) in [6.07, 6.45) is 0. The smallest absolute Gasteiger partial charge is 0.118 e. The predicted molar refractivity (Wildman–Crippen MR) is 76.9 cm³/mol. The third-order valence-electron chi connectivity index (χ3n) is 2.75. The van der Waals surface area contributed by atoms with Crippen LogP contribution in [0.15, 0.2) is 47.6 Å². The van der Waals surface area contributed by atoms with Crippen molar-refractivity contribution in [2.45, 2.75) is 6.92 Å². The number of aromatic hydroxyl groups is 1. The van der Waals surface area contributed by atoms with E-state index in [-0.39, 0.29) is 5.75 Å². The molecule has 0 fully saturated rings. The van der Waals surface area contributed by atoms with E-state index in [9.17, 15) is 5.11 Å². The molecule has 0 aliphatic carbocycles. The van der Waals surface area contributed by atoms with Gasteiger partial charge in [-0.15, -0.1) is 0 Å². The monoisotopic (exact) mass is 275 g/mol. The number of hydrogen-bond acceptors (Lipinski definition) is 3. The molecule has 0 saturated heterocycles. The van der Waals surface area contributed by atoms with Crippen LogP contribution in [0.1, 0.15) is 16.7 Å². The van der Waals surface area contributed by atoms with Crippen molar-refractivity contribution in [1.82, 2.24) is 0 Å².